The van der Waals surface area contributed by atoms with Crippen LogP contribution in [0.5, 0.6) is 0 Å². The second-order valence-corrected chi connectivity index (χ2v) is 6.38. The summed E-state index contributed by atoms with van der Waals surface area (Å²) in [6.07, 6.45) is 0. The third-order valence-electron chi connectivity index (χ3n) is 4.21. The van der Waals surface area contributed by atoms with Gasteiger partial charge in [-0.1, -0.05) is 51.1 Å². The summed E-state index contributed by atoms with van der Waals surface area (Å²) in [7, 11) is 2.17. The van der Waals surface area contributed by atoms with Crippen molar-refractivity contribution in [2.24, 2.45) is 11.1 Å². The van der Waals surface area contributed by atoms with Gasteiger partial charge in [0.2, 0.25) is 0 Å². The maximum absolute atomic E-state index is 6.38. The number of hydrogen-bond donors (Lipinski definition) is 1. The fourth-order valence-corrected chi connectivity index (χ4v) is 2.17. The predicted molar refractivity (Wildman–Crippen MR) is 79.5 cm³/mol. The van der Waals surface area contributed by atoms with E-state index in [9.17, 15) is 0 Å². The number of rotatable bonds is 4. The predicted octanol–water partition coefficient (Wildman–Crippen LogP) is 3.44. The summed E-state index contributed by atoms with van der Waals surface area (Å²) < 4.78 is 0. The van der Waals surface area contributed by atoms with Crippen LogP contribution in [-0.4, -0.2) is 24.0 Å². The number of likely N-dealkylation sites (N-methyl/N-ethyl adjacent to an activating group) is 1. The van der Waals surface area contributed by atoms with Crippen molar-refractivity contribution < 1.29 is 0 Å². The zero-order valence-corrected chi connectivity index (χ0v) is 12.6. The monoisotopic (exact) mass is 248 g/mol. The fourth-order valence-electron chi connectivity index (χ4n) is 2.17. The van der Waals surface area contributed by atoms with E-state index >= 15 is 0 Å². The number of nitrogens with zero attached hydrogens (tertiary/aromatic N) is 1. The van der Waals surface area contributed by atoms with E-state index in [-0.39, 0.29) is 11.5 Å². The highest BCUT2D eigenvalue weighted by Crippen LogP contribution is 2.27. The second kappa shape index (κ2) is 5.85. The first kappa shape index (κ1) is 15.2. The molecular formula is C16H28N2. The van der Waals surface area contributed by atoms with E-state index in [2.05, 4.69) is 70.8 Å². The van der Waals surface area contributed by atoms with E-state index in [0.717, 1.165) is 0 Å². The Balaban J connectivity index is 2.78. The van der Waals surface area contributed by atoms with Gasteiger partial charge in [-0.3, -0.25) is 4.90 Å². The molecule has 0 spiro atoms. The number of nitrogens with two attached hydrogens (primary N) is 1. The second-order valence-electron chi connectivity index (χ2n) is 6.38. The third-order valence-corrected chi connectivity index (χ3v) is 4.21. The first-order valence-corrected chi connectivity index (χ1v) is 6.77. The Hall–Kier alpha value is -0.860. The topological polar surface area (TPSA) is 29.3 Å². The molecule has 2 nitrogen and oxygen atoms in total. The van der Waals surface area contributed by atoms with Crippen LogP contribution >= 0.6 is 0 Å². The standard InChI is InChI=1S/C16H28N2/c1-12(18(6)13(2)16(3,4)5)15(17)14-10-8-7-9-11-14/h7-13,15H,17H2,1-6H3. The van der Waals surface area contributed by atoms with Crippen LogP contribution in [0, 0.1) is 5.41 Å². The van der Waals surface area contributed by atoms with Gasteiger partial charge in [0.25, 0.3) is 0 Å². The van der Waals surface area contributed by atoms with E-state index in [1.165, 1.54) is 5.56 Å². The maximum atomic E-state index is 6.38. The summed E-state index contributed by atoms with van der Waals surface area (Å²) in [4.78, 5) is 2.39. The van der Waals surface area contributed by atoms with Crippen molar-refractivity contribution in [3.8, 4) is 0 Å². The highest BCUT2D eigenvalue weighted by atomic mass is 15.2. The largest absolute Gasteiger partial charge is 0.323 e. The third kappa shape index (κ3) is 3.56. The van der Waals surface area contributed by atoms with Crippen LogP contribution < -0.4 is 5.73 Å². The Bertz CT molecular complexity index is 353. The van der Waals surface area contributed by atoms with Crippen molar-refractivity contribution in [2.75, 3.05) is 7.05 Å². The Labute approximate surface area is 112 Å². The lowest BCUT2D eigenvalue weighted by atomic mass is 9.85. The van der Waals surface area contributed by atoms with Gasteiger partial charge in [0.15, 0.2) is 0 Å². The van der Waals surface area contributed by atoms with Gasteiger partial charge in [-0.25, -0.2) is 0 Å². The molecule has 0 saturated carbocycles. The zero-order valence-electron chi connectivity index (χ0n) is 12.6. The van der Waals surface area contributed by atoms with Gasteiger partial charge in [0.1, 0.15) is 0 Å². The van der Waals surface area contributed by atoms with Gasteiger partial charge in [-0.2, -0.15) is 0 Å². The molecule has 1 aromatic rings. The maximum Gasteiger partial charge on any atom is 0.0450 e. The molecule has 0 saturated heterocycles. The Morgan fingerprint density at radius 3 is 2.00 bits per heavy atom. The van der Waals surface area contributed by atoms with E-state index < -0.39 is 0 Å². The molecule has 0 amide bonds. The average molecular weight is 248 g/mol. The molecule has 18 heavy (non-hydrogen) atoms. The van der Waals surface area contributed by atoms with Crippen LogP contribution in [0.4, 0.5) is 0 Å². The summed E-state index contributed by atoms with van der Waals surface area (Å²) in [6.45, 7) is 11.3. The van der Waals surface area contributed by atoms with Crippen LogP contribution in [0.25, 0.3) is 0 Å². The molecule has 3 atom stereocenters. The molecule has 2 heteroatoms. The van der Waals surface area contributed by atoms with Crippen molar-refractivity contribution in [2.45, 2.75) is 52.7 Å². The van der Waals surface area contributed by atoms with Gasteiger partial charge in [-0.05, 0) is 31.9 Å². The molecule has 0 bridgehead atoms. The Morgan fingerprint density at radius 2 is 1.56 bits per heavy atom. The lowest BCUT2D eigenvalue weighted by Gasteiger charge is -2.41. The first-order chi connectivity index (χ1) is 8.25. The summed E-state index contributed by atoms with van der Waals surface area (Å²) in [5.41, 5.74) is 7.85. The minimum absolute atomic E-state index is 0.0565. The van der Waals surface area contributed by atoms with Gasteiger partial charge in [-0.15, -0.1) is 0 Å². The molecule has 0 heterocycles. The summed E-state index contributed by atoms with van der Waals surface area (Å²) in [5, 5.41) is 0. The molecule has 0 aliphatic heterocycles. The van der Waals surface area contributed by atoms with E-state index in [1.54, 1.807) is 0 Å². The van der Waals surface area contributed by atoms with Gasteiger partial charge in [0.05, 0.1) is 0 Å². The van der Waals surface area contributed by atoms with Crippen molar-refractivity contribution in [1.82, 2.24) is 4.90 Å². The highest BCUT2D eigenvalue weighted by molar-refractivity contribution is 5.20. The Kier molecular flexibility index (Phi) is 4.94. The fraction of sp³-hybridized carbons (Fsp3) is 0.625. The first-order valence-electron chi connectivity index (χ1n) is 6.77. The van der Waals surface area contributed by atoms with Crippen LogP contribution in [0.15, 0.2) is 30.3 Å². The number of benzene rings is 1. The SMILES string of the molecule is CC(C(N)c1ccccc1)N(C)C(C)C(C)(C)C. The van der Waals surface area contributed by atoms with Crippen LogP contribution in [0.2, 0.25) is 0 Å². The molecule has 0 aromatic heterocycles. The number of hydrogen-bond acceptors (Lipinski definition) is 2. The van der Waals surface area contributed by atoms with E-state index in [0.29, 0.717) is 12.1 Å². The van der Waals surface area contributed by atoms with E-state index in [1.807, 2.05) is 6.07 Å². The molecule has 2 N–H and O–H groups in total. The molecule has 102 valence electrons. The smallest absolute Gasteiger partial charge is 0.0450 e. The van der Waals surface area contributed by atoms with Crippen LogP contribution in [0.1, 0.15) is 46.2 Å². The average Bonchev–Trinajstić information content (AvgIpc) is 2.35. The Morgan fingerprint density at radius 1 is 1.06 bits per heavy atom. The molecule has 0 fully saturated rings. The van der Waals surface area contributed by atoms with Crippen molar-refractivity contribution in [3.63, 3.8) is 0 Å². The minimum Gasteiger partial charge on any atom is -0.323 e. The van der Waals surface area contributed by atoms with Gasteiger partial charge in [0, 0.05) is 18.1 Å². The van der Waals surface area contributed by atoms with Crippen molar-refractivity contribution >= 4 is 0 Å². The lowest BCUT2D eigenvalue weighted by molar-refractivity contribution is 0.0924. The molecule has 0 aliphatic carbocycles. The minimum atomic E-state index is 0.0565. The van der Waals surface area contributed by atoms with E-state index in [4.69, 9.17) is 5.73 Å². The highest BCUT2D eigenvalue weighted by Gasteiger charge is 2.29. The van der Waals surface area contributed by atoms with Gasteiger partial charge >= 0.3 is 0 Å². The summed E-state index contributed by atoms with van der Waals surface area (Å²) in [6, 6.07) is 11.2. The molecule has 0 radical (unpaired) electrons. The summed E-state index contributed by atoms with van der Waals surface area (Å²) in [5.74, 6) is 0. The quantitative estimate of drug-likeness (QED) is 0.884. The van der Waals surface area contributed by atoms with Crippen molar-refractivity contribution in [1.29, 1.82) is 0 Å². The van der Waals surface area contributed by atoms with Gasteiger partial charge < -0.3 is 5.73 Å². The molecule has 1 aromatic carbocycles. The molecule has 3 unspecified atom stereocenters. The van der Waals surface area contributed by atoms with Crippen LogP contribution in [-0.2, 0) is 0 Å². The molecule has 0 aliphatic rings. The van der Waals surface area contributed by atoms with Crippen molar-refractivity contribution in [3.05, 3.63) is 35.9 Å². The zero-order chi connectivity index (χ0) is 13.9. The molecule has 1 rings (SSSR count). The lowest BCUT2D eigenvalue weighted by Crippen LogP contribution is -2.48. The normalized spacial score (nSPS) is 17.6. The summed E-state index contributed by atoms with van der Waals surface area (Å²) >= 11 is 0. The van der Waals surface area contributed by atoms with Crippen LogP contribution in [0.3, 0.4) is 0 Å². The molecular weight excluding hydrogens is 220 g/mol.